The van der Waals surface area contributed by atoms with Crippen LogP contribution in [0.3, 0.4) is 0 Å². The molecule has 2 aliphatic rings. The minimum absolute atomic E-state index is 0.0558. The molecule has 0 saturated heterocycles. The number of anilines is 1. The number of urea groups is 1. The van der Waals surface area contributed by atoms with Crippen LogP contribution in [-0.2, 0) is 9.53 Å². The highest BCUT2D eigenvalue weighted by molar-refractivity contribution is 5.89. The minimum Gasteiger partial charge on any atom is -0.497 e. The monoisotopic (exact) mass is 389 g/mol. The zero-order chi connectivity index (χ0) is 19.9. The van der Waals surface area contributed by atoms with E-state index in [-0.39, 0.29) is 25.0 Å². The summed E-state index contributed by atoms with van der Waals surface area (Å²) in [7, 11) is 1.57. The van der Waals surface area contributed by atoms with E-state index >= 15 is 0 Å². The Morgan fingerprint density at radius 3 is 2.54 bits per heavy atom. The molecule has 0 aromatic heterocycles. The first kappa shape index (κ1) is 20.2. The van der Waals surface area contributed by atoms with Gasteiger partial charge in [0, 0.05) is 11.7 Å². The number of nitrogens with one attached hydrogen (secondary N) is 3. The largest absolute Gasteiger partial charge is 0.497 e. The average molecular weight is 389 g/mol. The molecule has 3 rings (SSSR count). The number of rotatable bonds is 7. The van der Waals surface area contributed by atoms with Gasteiger partial charge < -0.3 is 30.5 Å². The van der Waals surface area contributed by atoms with Gasteiger partial charge >= 0.3 is 6.03 Å². The molecule has 3 amide bonds. The third kappa shape index (κ3) is 5.46. The van der Waals surface area contributed by atoms with Crippen molar-refractivity contribution in [1.29, 1.82) is 0 Å². The highest BCUT2D eigenvalue weighted by Crippen LogP contribution is 2.20. The number of amides is 3. The predicted octanol–water partition coefficient (Wildman–Crippen LogP) is 1.56. The Morgan fingerprint density at radius 2 is 1.93 bits per heavy atom. The van der Waals surface area contributed by atoms with Gasteiger partial charge in [-0.05, 0) is 43.5 Å². The number of hydrogen-bond donors (Lipinski definition) is 4. The minimum atomic E-state index is -0.617. The van der Waals surface area contributed by atoms with Crippen molar-refractivity contribution >= 4 is 17.6 Å². The van der Waals surface area contributed by atoms with E-state index in [1.807, 2.05) is 0 Å². The summed E-state index contributed by atoms with van der Waals surface area (Å²) in [5.74, 6) is 0.641. The molecule has 1 aliphatic heterocycles. The van der Waals surface area contributed by atoms with E-state index in [9.17, 15) is 14.7 Å². The van der Waals surface area contributed by atoms with Crippen LogP contribution in [0.4, 0.5) is 10.5 Å². The van der Waals surface area contributed by atoms with Gasteiger partial charge in [0.25, 0.3) is 0 Å². The SMILES string of the molecule is COc1ccc(NC(=O)N[C@@H]2C=C[C@@H](CC(=O)NC3CCC3)O[C@H]2CO)cc1. The van der Waals surface area contributed by atoms with Gasteiger partial charge in [0.15, 0.2) is 0 Å². The van der Waals surface area contributed by atoms with E-state index < -0.39 is 24.3 Å². The molecule has 0 radical (unpaired) electrons. The van der Waals surface area contributed by atoms with Crippen LogP contribution in [0.1, 0.15) is 25.7 Å². The second-order valence-electron chi connectivity index (χ2n) is 7.03. The number of aliphatic hydroxyl groups excluding tert-OH is 1. The molecule has 0 unspecified atom stereocenters. The van der Waals surface area contributed by atoms with Crippen LogP contribution >= 0.6 is 0 Å². The quantitative estimate of drug-likeness (QED) is 0.529. The molecule has 1 heterocycles. The highest BCUT2D eigenvalue weighted by atomic mass is 16.5. The summed E-state index contributed by atoms with van der Waals surface area (Å²) in [6.07, 6.45) is 5.90. The Labute approximate surface area is 164 Å². The van der Waals surface area contributed by atoms with Gasteiger partial charge in [-0.15, -0.1) is 0 Å². The fraction of sp³-hybridized carbons (Fsp3) is 0.500. The smallest absolute Gasteiger partial charge is 0.319 e. The van der Waals surface area contributed by atoms with Crippen LogP contribution in [0.15, 0.2) is 36.4 Å². The second-order valence-corrected chi connectivity index (χ2v) is 7.03. The van der Waals surface area contributed by atoms with E-state index in [4.69, 9.17) is 9.47 Å². The zero-order valence-corrected chi connectivity index (χ0v) is 15.9. The number of benzene rings is 1. The van der Waals surface area contributed by atoms with Crippen molar-refractivity contribution < 1.29 is 24.2 Å². The van der Waals surface area contributed by atoms with Crippen molar-refractivity contribution in [2.45, 2.75) is 50.0 Å². The van der Waals surface area contributed by atoms with Gasteiger partial charge in [-0.3, -0.25) is 4.79 Å². The molecule has 4 N–H and O–H groups in total. The van der Waals surface area contributed by atoms with Crippen molar-refractivity contribution in [3.8, 4) is 5.75 Å². The fourth-order valence-electron chi connectivity index (χ4n) is 3.15. The lowest BCUT2D eigenvalue weighted by molar-refractivity contribution is -0.126. The number of aliphatic hydroxyl groups is 1. The van der Waals surface area contributed by atoms with Crippen LogP contribution in [0, 0.1) is 0 Å². The topological polar surface area (TPSA) is 109 Å². The Kier molecular flexibility index (Phi) is 6.89. The van der Waals surface area contributed by atoms with E-state index in [0.29, 0.717) is 11.4 Å². The second kappa shape index (κ2) is 9.57. The molecule has 8 heteroatoms. The molecule has 0 spiro atoms. The van der Waals surface area contributed by atoms with E-state index in [1.165, 1.54) is 0 Å². The number of ether oxygens (including phenoxy) is 2. The Morgan fingerprint density at radius 1 is 1.18 bits per heavy atom. The molecule has 28 heavy (non-hydrogen) atoms. The maximum absolute atomic E-state index is 12.2. The molecular formula is C20H27N3O5. The molecule has 1 aromatic carbocycles. The van der Waals surface area contributed by atoms with Gasteiger partial charge in [-0.2, -0.15) is 0 Å². The molecule has 1 fully saturated rings. The van der Waals surface area contributed by atoms with Crippen LogP contribution in [0.2, 0.25) is 0 Å². The average Bonchev–Trinajstić information content (AvgIpc) is 2.66. The Hall–Kier alpha value is -2.58. The number of hydrogen-bond acceptors (Lipinski definition) is 5. The lowest BCUT2D eigenvalue weighted by atomic mass is 9.93. The molecule has 1 aromatic rings. The van der Waals surface area contributed by atoms with Crippen LogP contribution < -0.4 is 20.7 Å². The van der Waals surface area contributed by atoms with Crippen molar-refractivity contribution in [1.82, 2.24) is 10.6 Å². The first-order valence-corrected chi connectivity index (χ1v) is 9.53. The fourth-order valence-corrected chi connectivity index (χ4v) is 3.15. The Bertz CT molecular complexity index is 702. The first-order valence-electron chi connectivity index (χ1n) is 9.53. The van der Waals surface area contributed by atoms with Crippen molar-refractivity contribution in [3.63, 3.8) is 0 Å². The van der Waals surface area contributed by atoms with Gasteiger partial charge in [0.05, 0.1) is 32.3 Å². The molecule has 152 valence electrons. The van der Waals surface area contributed by atoms with E-state index in [1.54, 1.807) is 43.5 Å². The molecule has 3 atom stereocenters. The standard InChI is InChI=1S/C20H27N3O5/c1-27-15-7-5-14(6-8-15)22-20(26)23-17-10-9-16(28-18(17)12-24)11-19(25)21-13-3-2-4-13/h5-10,13,16-18,24H,2-4,11-12H2,1H3,(H,21,25)(H2,22,23,26)/t16-,17+,18-/m0/s1. The van der Waals surface area contributed by atoms with Gasteiger partial charge in [-0.25, -0.2) is 4.79 Å². The molecule has 0 bridgehead atoms. The highest BCUT2D eigenvalue weighted by Gasteiger charge is 2.30. The lowest BCUT2D eigenvalue weighted by Gasteiger charge is -2.32. The van der Waals surface area contributed by atoms with Crippen LogP contribution in [0.25, 0.3) is 0 Å². The summed E-state index contributed by atoms with van der Waals surface area (Å²) in [5, 5.41) is 18.1. The van der Waals surface area contributed by atoms with Gasteiger partial charge in [-0.1, -0.05) is 12.2 Å². The van der Waals surface area contributed by atoms with Crippen LogP contribution in [0.5, 0.6) is 5.75 Å². The van der Waals surface area contributed by atoms with Gasteiger partial charge in [0.2, 0.25) is 5.91 Å². The zero-order valence-electron chi connectivity index (χ0n) is 15.9. The summed E-state index contributed by atoms with van der Waals surface area (Å²) in [6.45, 7) is -0.265. The van der Waals surface area contributed by atoms with Crippen molar-refractivity contribution in [2.24, 2.45) is 0 Å². The lowest BCUT2D eigenvalue weighted by Crippen LogP contribution is -2.50. The maximum atomic E-state index is 12.2. The molecule has 1 aliphatic carbocycles. The summed E-state index contributed by atoms with van der Waals surface area (Å²) in [4.78, 5) is 24.3. The summed E-state index contributed by atoms with van der Waals surface area (Å²) in [5.41, 5.74) is 0.616. The molecule has 1 saturated carbocycles. The predicted molar refractivity (Wildman–Crippen MR) is 104 cm³/mol. The molecule has 8 nitrogen and oxygen atoms in total. The normalized spacial score (nSPS) is 24.1. The number of carbonyl (C=O) groups excluding carboxylic acids is 2. The van der Waals surface area contributed by atoms with Crippen molar-refractivity contribution in [3.05, 3.63) is 36.4 Å². The van der Waals surface area contributed by atoms with Crippen LogP contribution in [-0.4, -0.2) is 55.1 Å². The summed E-state index contributed by atoms with van der Waals surface area (Å²) < 4.78 is 10.9. The van der Waals surface area contributed by atoms with Gasteiger partial charge in [0.1, 0.15) is 11.9 Å². The third-order valence-corrected chi connectivity index (χ3v) is 4.97. The molecular weight excluding hydrogens is 362 g/mol. The summed E-state index contributed by atoms with van der Waals surface area (Å²) >= 11 is 0. The van der Waals surface area contributed by atoms with Crippen molar-refractivity contribution in [2.75, 3.05) is 19.0 Å². The number of carbonyl (C=O) groups is 2. The van der Waals surface area contributed by atoms with E-state index in [2.05, 4.69) is 16.0 Å². The summed E-state index contributed by atoms with van der Waals surface area (Å²) in [6, 6.07) is 6.32. The van der Waals surface area contributed by atoms with E-state index in [0.717, 1.165) is 19.3 Å². The number of methoxy groups -OCH3 is 1. The maximum Gasteiger partial charge on any atom is 0.319 e. The first-order chi connectivity index (χ1) is 13.6. The Balaban J connectivity index is 1.49. The third-order valence-electron chi connectivity index (χ3n) is 4.97.